The Morgan fingerprint density at radius 1 is 0.580 bits per heavy atom. The van der Waals surface area contributed by atoms with Crippen LogP contribution in [0.4, 0.5) is 28.0 Å². The van der Waals surface area contributed by atoms with Gasteiger partial charge in [-0.2, -0.15) is 0 Å². The van der Waals surface area contributed by atoms with E-state index in [1.807, 2.05) is 66.5 Å². The van der Waals surface area contributed by atoms with E-state index in [0.29, 0.717) is 76.1 Å². The van der Waals surface area contributed by atoms with Crippen molar-refractivity contribution >= 4 is 86.7 Å². The Hall–Kier alpha value is -5.37. The van der Waals surface area contributed by atoms with E-state index in [1.54, 1.807) is 55.7 Å². The highest BCUT2D eigenvalue weighted by Gasteiger charge is 2.28. The third-order valence-corrected chi connectivity index (χ3v) is 16.5. The number of aryl methyl sites for hydroxylation is 2. The van der Waals surface area contributed by atoms with Crippen molar-refractivity contribution < 1.29 is 31.9 Å². The number of nitrogen functional groups attached to an aromatic ring is 1. The predicted molar refractivity (Wildman–Crippen MR) is 359 cm³/mol. The number of carbonyl (C=O) groups excluding carboxylic acids is 2. The van der Waals surface area contributed by atoms with E-state index >= 15 is 0 Å². The van der Waals surface area contributed by atoms with E-state index < -0.39 is 5.60 Å². The van der Waals surface area contributed by atoms with Gasteiger partial charge in [-0.3, -0.25) is 14.4 Å². The van der Waals surface area contributed by atoms with Crippen molar-refractivity contribution in [3.05, 3.63) is 211 Å². The zero-order valence-electron chi connectivity index (χ0n) is 51.0. The Balaban J connectivity index is 0.000000204. The molecule has 10 rings (SSSR count). The first-order valence-electron chi connectivity index (χ1n) is 29.8. The van der Waals surface area contributed by atoms with Crippen LogP contribution >= 0.6 is 69.0 Å². The second-order valence-electron chi connectivity index (χ2n) is 23.8. The van der Waals surface area contributed by atoms with Crippen molar-refractivity contribution in [3.8, 4) is 0 Å². The summed E-state index contributed by atoms with van der Waals surface area (Å²) in [5.41, 5.74) is 10.5. The lowest BCUT2D eigenvalue weighted by Crippen LogP contribution is -2.42. The molecule has 1 saturated carbocycles. The van der Waals surface area contributed by atoms with Crippen molar-refractivity contribution in [2.24, 2.45) is 31.8 Å². The van der Waals surface area contributed by atoms with Gasteiger partial charge in [-0.25, -0.2) is 22.4 Å². The highest BCUT2D eigenvalue weighted by atomic mass is 127. The largest absolute Gasteiger partial charge is 0.444 e. The molecule has 0 unspecified atom stereocenters. The van der Waals surface area contributed by atoms with Crippen LogP contribution in [0.1, 0.15) is 114 Å². The van der Waals surface area contributed by atoms with Gasteiger partial charge in [0.15, 0.2) is 0 Å². The number of hydrogen-bond donors (Lipinski definition) is 2. The van der Waals surface area contributed by atoms with Gasteiger partial charge < -0.3 is 34.7 Å². The average Bonchev–Trinajstić information content (AvgIpc) is 3.55. The lowest BCUT2D eigenvalue weighted by Gasteiger charge is -2.33. The molecule has 4 aromatic carbocycles. The molecule has 2 amide bonds. The van der Waals surface area contributed by atoms with Crippen molar-refractivity contribution in [1.82, 2.24) is 24.3 Å². The minimum absolute atomic E-state index is 0.0378. The number of pyridine rings is 2. The van der Waals surface area contributed by atoms with Crippen molar-refractivity contribution in [2.75, 3.05) is 45.0 Å². The first-order valence-corrected chi connectivity index (χ1v) is 32.4. The van der Waals surface area contributed by atoms with Crippen LogP contribution in [-0.4, -0.2) is 75.8 Å². The number of rotatable bonds is 8. The standard InChI is InChI=1S/C20H22ClFN2O2.C17H23ClFNO2.C12H15ClFN.C7H12.C6H3ClFI.C6H8N2O/c1-23-13-15(2-3-19(23)25)11-20(26)24-6-4-14(5-7-24)8-16-9-17(21)12-18(22)10-16;1-17(2,3)22-16(21)20-6-4-12(5-7-20)8-13-9-14(18)11-15(19)10-13;13-11-6-10(7-12(14)8-11)5-9-1-3-15-4-2-9;1-7-5-3-2-4-6-7;7-4-1-5(8)3-6(9)2-4;1-8-4-5(7)2-3-6(8)9/h2-3,9-10,12-14H,4-8,11H2,1H3;9-12H,4-8H2,1-3H3;6-9,15H,1-5H2;1-6H2;1-3H;2-4H,7H2,1H3. The lowest BCUT2D eigenvalue weighted by molar-refractivity contribution is -0.131. The summed E-state index contributed by atoms with van der Waals surface area (Å²) in [5.74, 6) is 0.496. The maximum Gasteiger partial charge on any atom is 0.410 e. The smallest absolute Gasteiger partial charge is 0.410 e. The zero-order valence-corrected chi connectivity index (χ0v) is 56.2. The van der Waals surface area contributed by atoms with Crippen molar-refractivity contribution in [2.45, 2.75) is 123 Å². The van der Waals surface area contributed by atoms with Gasteiger partial charge in [0.05, 0.1) is 6.42 Å². The number of halogens is 9. The summed E-state index contributed by atoms with van der Waals surface area (Å²) in [6.45, 7) is 14.4. The molecular weight excluding hydrogens is 1330 g/mol. The van der Waals surface area contributed by atoms with Gasteiger partial charge in [0.25, 0.3) is 0 Å². The van der Waals surface area contributed by atoms with Gasteiger partial charge >= 0.3 is 6.09 Å². The fourth-order valence-corrected chi connectivity index (χ4v) is 12.3. The predicted octanol–water partition coefficient (Wildman–Crippen LogP) is 16.4. The highest BCUT2D eigenvalue weighted by molar-refractivity contribution is 14.1. The minimum atomic E-state index is -0.466. The molecule has 88 heavy (non-hydrogen) atoms. The third-order valence-electron chi connectivity index (χ3n) is 15.0. The Bertz CT molecular complexity index is 3220. The first kappa shape index (κ1) is 73.4. The zero-order chi connectivity index (χ0) is 64.5. The van der Waals surface area contributed by atoms with Gasteiger partial charge in [-0.1, -0.05) is 71.0 Å². The van der Waals surface area contributed by atoms with E-state index in [9.17, 15) is 36.7 Å². The van der Waals surface area contributed by atoms with E-state index in [4.69, 9.17) is 56.9 Å². The minimum Gasteiger partial charge on any atom is -0.444 e. The number of allylic oxidation sites excluding steroid dienone is 1. The summed E-state index contributed by atoms with van der Waals surface area (Å²) in [6, 6.07) is 24.7. The number of hydrogen-bond acceptors (Lipinski definition) is 7. The van der Waals surface area contributed by atoms with E-state index in [0.717, 1.165) is 83.9 Å². The summed E-state index contributed by atoms with van der Waals surface area (Å²) in [6.07, 6.45) is 18.6. The molecule has 478 valence electrons. The molecule has 5 heterocycles. The molecule has 0 atom stereocenters. The van der Waals surface area contributed by atoms with Gasteiger partial charge in [-0.05, 0) is 259 Å². The molecule has 0 radical (unpaired) electrons. The SMILES string of the molecule is C=C1CCCCC1.CC(C)(C)OC(=O)N1CCC(Cc2cc(F)cc(Cl)c2)CC1.Cn1cc(CC(=O)N2CCC(Cc3cc(F)cc(Cl)c3)CC2)ccc1=O.Cn1cc(N)ccc1=O.Fc1cc(Cl)cc(CC2CCNCC2)c1.Fc1cc(Cl)cc(I)c1. The van der Waals surface area contributed by atoms with Gasteiger partial charge in [0, 0.05) is 94.1 Å². The Kier molecular flexibility index (Phi) is 30.9. The fraction of sp³-hybridized carbons (Fsp3) is 0.441. The Labute approximate surface area is 550 Å². The number of aromatic nitrogens is 2. The lowest BCUT2D eigenvalue weighted by atomic mass is 9.90. The summed E-state index contributed by atoms with van der Waals surface area (Å²) < 4.78 is 61.4. The number of nitrogens with one attached hydrogen (secondary N) is 1. The summed E-state index contributed by atoms with van der Waals surface area (Å²) >= 11 is 25.1. The normalized spacial score (nSPS) is 15.5. The van der Waals surface area contributed by atoms with Gasteiger partial charge in [0.2, 0.25) is 17.0 Å². The maximum atomic E-state index is 13.5. The average molecular weight is 1410 g/mol. The molecule has 11 nitrogen and oxygen atoms in total. The molecule has 3 aliphatic heterocycles. The molecule has 20 heteroatoms. The fourth-order valence-electron chi connectivity index (χ4n) is 10.5. The Morgan fingerprint density at radius 3 is 1.36 bits per heavy atom. The molecule has 4 aliphatic rings. The number of nitrogens with zero attached hydrogens (tertiary/aromatic N) is 4. The molecule has 2 aromatic heterocycles. The van der Waals surface area contributed by atoms with Gasteiger partial charge in [-0.15, -0.1) is 0 Å². The highest BCUT2D eigenvalue weighted by Crippen LogP contribution is 2.28. The summed E-state index contributed by atoms with van der Waals surface area (Å²) in [7, 11) is 3.35. The molecule has 4 fully saturated rings. The first-order chi connectivity index (χ1) is 41.6. The van der Waals surface area contributed by atoms with E-state index in [1.165, 1.54) is 114 Å². The number of piperidine rings is 3. The number of anilines is 1. The molecule has 0 bridgehead atoms. The van der Waals surface area contributed by atoms with Crippen molar-refractivity contribution in [3.63, 3.8) is 0 Å². The summed E-state index contributed by atoms with van der Waals surface area (Å²) in [4.78, 5) is 50.2. The quantitative estimate of drug-likeness (QED) is 0.0881. The van der Waals surface area contributed by atoms with Crippen LogP contribution < -0.4 is 22.2 Å². The van der Waals surface area contributed by atoms with Crippen LogP contribution in [-0.2, 0) is 49.3 Å². The number of carbonyl (C=O) groups is 2. The second kappa shape index (κ2) is 37.1. The van der Waals surface area contributed by atoms with Crippen LogP contribution in [0.2, 0.25) is 20.1 Å². The molecule has 1 aliphatic carbocycles. The number of amides is 2. The Morgan fingerprint density at radius 2 is 0.989 bits per heavy atom. The summed E-state index contributed by atoms with van der Waals surface area (Å²) in [5, 5.41) is 5.12. The van der Waals surface area contributed by atoms with Gasteiger partial charge in [0.1, 0.15) is 28.9 Å². The number of likely N-dealkylation sites (tertiary alicyclic amines) is 2. The van der Waals surface area contributed by atoms with Crippen LogP contribution in [0.25, 0.3) is 0 Å². The second-order valence-corrected chi connectivity index (χ2v) is 26.8. The van der Waals surface area contributed by atoms with E-state index in [2.05, 4.69) is 11.9 Å². The molecule has 6 aromatic rings. The van der Waals surface area contributed by atoms with Crippen molar-refractivity contribution in [1.29, 1.82) is 0 Å². The van der Waals surface area contributed by atoms with Crippen LogP contribution in [0, 0.1) is 44.6 Å². The van der Waals surface area contributed by atoms with Crippen LogP contribution in [0.5, 0.6) is 0 Å². The molecule has 0 spiro atoms. The number of nitrogens with two attached hydrogens (primary N) is 1. The third kappa shape index (κ3) is 28.6. The number of ether oxygens (including phenoxy) is 1. The maximum absolute atomic E-state index is 13.5. The topological polar surface area (TPSA) is 132 Å². The molecule has 3 N–H and O–H groups in total. The molecule has 3 saturated heterocycles. The van der Waals surface area contributed by atoms with E-state index in [-0.39, 0.29) is 46.4 Å². The number of benzene rings is 4. The van der Waals surface area contributed by atoms with Crippen LogP contribution in [0.3, 0.4) is 0 Å². The molecular formula is C68H83Cl4F4IN6O5. The monoisotopic (exact) mass is 1410 g/mol. The van der Waals surface area contributed by atoms with Crippen LogP contribution in [0.15, 0.2) is 131 Å².